The van der Waals surface area contributed by atoms with Gasteiger partial charge in [-0.1, -0.05) is 37.3 Å². The number of nitrogens with zero attached hydrogens (tertiary/aromatic N) is 1. The van der Waals surface area contributed by atoms with Gasteiger partial charge in [0.1, 0.15) is 0 Å². The summed E-state index contributed by atoms with van der Waals surface area (Å²) in [5.41, 5.74) is 8.00. The Balaban J connectivity index is 2.04. The maximum absolute atomic E-state index is 12.6. The summed E-state index contributed by atoms with van der Waals surface area (Å²) < 4.78 is 0. The summed E-state index contributed by atoms with van der Waals surface area (Å²) in [5, 5.41) is 0. The Morgan fingerprint density at radius 3 is 2.33 bits per heavy atom. The van der Waals surface area contributed by atoms with Gasteiger partial charge in [0.15, 0.2) is 0 Å². The summed E-state index contributed by atoms with van der Waals surface area (Å²) >= 11 is 0. The van der Waals surface area contributed by atoms with Gasteiger partial charge < -0.3 is 5.73 Å². The number of anilines is 1. The lowest BCUT2D eigenvalue weighted by Crippen LogP contribution is -2.33. The van der Waals surface area contributed by atoms with Crippen LogP contribution in [0.5, 0.6) is 0 Å². The Labute approximate surface area is 123 Å². The monoisotopic (exact) mass is 280 g/mol. The van der Waals surface area contributed by atoms with E-state index in [1.807, 2.05) is 37.3 Å². The van der Waals surface area contributed by atoms with E-state index in [1.54, 1.807) is 18.2 Å². The largest absolute Gasteiger partial charge is 0.399 e. The lowest BCUT2D eigenvalue weighted by atomic mass is 10.0. The fourth-order valence-corrected chi connectivity index (χ4v) is 2.80. The van der Waals surface area contributed by atoms with E-state index in [-0.39, 0.29) is 17.9 Å². The van der Waals surface area contributed by atoms with E-state index in [2.05, 4.69) is 0 Å². The zero-order valence-electron chi connectivity index (χ0n) is 11.7. The number of fused-ring (bicyclic) bond motifs is 1. The molecule has 4 heteroatoms. The molecule has 0 saturated carbocycles. The van der Waals surface area contributed by atoms with E-state index >= 15 is 0 Å². The molecule has 1 aliphatic rings. The number of benzene rings is 2. The third-order valence-electron chi connectivity index (χ3n) is 3.82. The Bertz CT molecular complexity index is 710. The second kappa shape index (κ2) is 5.05. The normalized spacial score (nSPS) is 15.2. The number of nitrogen functional groups attached to an aromatic ring is 1. The van der Waals surface area contributed by atoms with E-state index in [1.165, 1.54) is 4.90 Å². The number of carbonyl (C=O) groups excluding carboxylic acids is 2. The van der Waals surface area contributed by atoms with Crippen LogP contribution in [0.2, 0.25) is 0 Å². The first kappa shape index (κ1) is 13.4. The molecule has 2 aromatic carbocycles. The molecule has 0 saturated heterocycles. The molecule has 2 aromatic rings. The molecule has 2 N–H and O–H groups in total. The predicted octanol–water partition coefficient (Wildman–Crippen LogP) is 3.02. The molecule has 1 aliphatic heterocycles. The van der Waals surface area contributed by atoms with Crippen LogP contribution in [0.25, 0.3) is 0 Å². The zero-order valence-corrected chi connectivity index (χ0v) is 11.7. The fraction of sp³-hybridized carbons (Fsp3) is 0.176. The van der Waals surface area contributed by atoms with Crippen LogP contribution in [-0.2, 0) is 0 Å². The van der Waals surface area contributed by atoms with Crippen molar-refractivity contribution in [2.75, 3.05) is 5.73 Å². The molecule has 4 nitrogen and oxygen atoms in total. The van der Waals surface area contributed by atoms with Crippen molar-refractivity contribution in [3.63, 3.8) is 0 Å². The highest BCUT2D eigenvalue weighted by Crippen LogP contribution is 2.33. The minimum atomic E-state index is -0.266. The van der Waals surface area contributed by atoms with Gasteiger partial charge in [-0.25, -0.2) is 0 Å². The maximum Gasteiger partial charge on any atom is 0.262 e. The second-order valence-corrected chi connectivity index (χ2v) is 5.12. The van der Waals surface area contributed by atoms with E-state index in [4.69, 9.17) is 5.73 Å². The van der Waals surface area contributed by atoms with E-state index < -0.39 is 0 Å². The summed E-state index contributed by atoms with van der Waals surface area (Å²) in [6, 6.07) is 14.2. The van der Waals surface area contributed by atoms with Crippen molar-refractivity contribution in [2.24, 2.45) is 0 Å². The average molecular weight is 280 g/mol. The van der Waals surface area contributed by atoms with Gasteiger partial charge in [0.2, 0.25) is 0 Å². The van der Waals surface area contributed by atoms with Crippen molar-refractivity contribution in [3.8, 4) is 0 Å². The van der Waals surface area contributed by atoms with Crippen LogP contribution in [0.4, 0.5) is 5.69 Å². The van der Waals surface area contributed by atoms with Gasteiger partial charge >= 0.3 is 0 Å². The van der Waals surface area contributed by atoms with Crippen LogP contribution in [-0.4, -0.2) is 16.7 Å². The van der Waals surface area contributed by atoms with Crippen LogP contribution in [0, 0.1) is 0 Å². The van der Waals surface area contributed by atoms with Crippen molar-refractivity contribution in [1.82, 2.24) is 4.90 Å². The Hall–Kier alpha value is -2.62. The summed E-state index contributed by atoms with van der Waals surface area (Å²) in [4.78, 5) is 26.5. The second-order valence-electron chi connectivity index (χ2n) is 5.12. The molecule has 3 rings (SSSR count). The predicted molar refractivity (Wildman–Crippen MR) is 80.8 cm³/mol. The van der Waals surface area contributed by atoms with Crippen molar-refractivity contribution in [2.45, 2.75) is 19.4 Å². The molecule has 106 valence electrons. The van der Waals surface area contributed by atoms with E-state index in [0.717, 1.165) is 5.56 Å². The molecule has 1 atom stereocenters. The number of imide groups is 1. The molecule has 0 spiro atoms. The van der Waals surface area contributed by atoms with Gasteiger partial charge in [-0.05, 0) is 30.2 Å². The molecular weight excluding hydrogens is 264 g/mol. The quantitative estimate of drug-likeness (QED) is 0.694. The molecule has 0 radical (unpaired) electrons. The number of carbonyl (C=O) groups is 2. The molecular formula is C17H16N2O2. The summed E-state index contributed by atoms with van der Waals surface area (Å²) in [7, 11) is 0. The fourth-order valence-electron chi connectivity index (χ4n) is 2.80. The van der Waals surface area contributed by atoms with Crippen LogP contribution >= 0.6 is 0 Å². The molecule has 0 aromatic heterocycles. The highest BCUT2D eigenvalue weighted by Gasteiger charge is 2.39. The lowest BCUT2D eigenvalue weighted by Gasteiger charge is -2.25. The van der Waals surface area contributed by atoms with Gasteiger partial charge in [-0.15, -0.1) is 0 Å². The average Bonchev–Trinajstić information content (AvgIpc) is 2.74. The summed E-state index contributed by atoms with van der Waals surface area (Å²) in [5.74, 6) is -0.510. The number of rotatable bonds is 3. The highest BCUT2D eigenvalue weighted by molar-refractivity contribution is 6.21. The topological polar surface area (TPSA) is 63.4 Å². The smallest absolute Gasteiger partial charge is 0.262 e. The summed E-state index contributed by atoms with van der Waals surface area (Å²) in [6.07, 6.45) is 0.672. The van der Waals surface area contributed by atoms with E-state index in [0.29, 0.717) is 23.2 Å². The minimum absolute atomic E-state index is 0.245. The SMILES string of the molecule is CCC(c1ccccc1)N1C(=O)c2ccc(N)cc2C1=O. The third kappa shape index (κ3) is 2.09. The zero-order chi connectivity index (χ0) is 15.0. The lowest BCUT2D eigenvalue weighted by molar-refractivity contribution is 0.0578. The van der Waals surface area contributed by atoms with Crippen molar-refractivity contribution in [3.05, 3.63) is 65.2 Å². The van der Waals surface area contributed by atoms with Gasteiger partial charge in [-0.3, -0.25) is 14.5 Å². The Kier molecular flexibility index (Phi) is 3.22. The standard InChI is InChI=1S/C17H16N2O2/c1-2-15(11-6-4-3-5-7-11)19-16(20)13-9-8-12(18)10-14(13)17(19)21/h3-10,15H,2,18H2,1H3. The van der Waals surface area contributed by atoms with Crippen LogP contribution in [0.1, 0.15) is 45.7 Å². The number of hydrogen-bond acceptors (Lipinski definition) is 3. The highest BCUT2D eigenvalue weighted by atomic mass is 16.2. The van der Waals surface area contributed by atoms with Gasteiger partial charge in [-0.2, -0.15) is 0 Å². The molecule has 2 amide bonds. The van der Waals surface area contributed by atoms with Crippen LogP contribution < -0.4 is 5.73 Å². The van der Waals surface area contributed by atoms with Crippen LogP contribution in [0.15, 0.2) is 48.5 Å². The number of amides is 2. The summed E-state index contributed by atoms with van der Waals surface area (Å²) in [6.45, 7) is 1.97. The first-order chi connectivity index (χ1) is 10.1. The number of hydrogen-bond donors (Lipinski definition) is 1. The number of nitrogens with two attached hydrogens (primary N) is 1. The molecule has 21 heavy (non-hydrogen) atoms. The molecule has 0 aliphatic carbocycles. The van der Waals surface area contributed by atoms with Crippen molar-refractivity contribution < 1.29 is 9.59 Å². The van der Waals surface area contributed by atoms with E-state index in [9.17, 15) is 9.59 Å². The van der Waals surface area contributed by atoms with Gasteiger partial charge in [0.25, 0.3) is 11.8 Å². The molecule has 0 bridgehead atoms. The molecule has 1 unspecified atom stereocenters. The molecule has 0 fully saturated rings. The Morgan fingerprint density at radius 1 is 1.00 bits per heavy atom. The maximum atomic E-state index is 12.6. The van der Waals surface area contributed by atoms with Gasteiger partial charge in [0, 0.05) is 5.69 Å². The molecule has 1 heterocycles. The van der Waals surface area contributed by atoms with Crippen molar-refractivity contribution >= 4 is 17.5 Å². The van der Waals surface area contributed by atoms with Gasteiger partial charge in [0.05, 0.1) is 17.2 Å². The van der Waals surface area contributed by atoms with Crippen molar-refractivity contribution in [1.29, 1.82) is 0 Å². The first-order valence-corrected chi connectivity index (χ1v) is 6.96. The van der Waals surface area contributed by atoms with Crippen LogP contribution in [0.3, 0.4) is 0 Å². The third-order valence-corrected chi connectivity index (χ3v) is 3.82. The first-order valence-electron chi connectivity index (χ1n) is 6.96. The minimum Gasteiger partial charge on any atom is -0.399 e. The Morgan fingerprint density at radius 2 is 1.67 bits per heavy atom.